The van der Waals surface area contributed by atoms with Gasteiger partial charge in [-0.1, -0.05) is 23.4 Å². The first-order valence-electron chi connectivity index (χ1n) is 4.10. The topological polar surface area (TPSA) is 54.4 Å². The minimum Gasteiger partial charge on any atom is -0.478 e. The Morgan fingerprint density at radius 2 is 2.27 bits per heavy atom. The number of rotatable bonds is 2. The van der Waals surface area contributed by atoms with Gasteiger partial charge in [-0.25, -0.2) is 4.79 Å². The number of aldehydes is 1. The van der Waals surface area contributed by atoms with E-state index in [0.717, 1.165) is 0 Å². The number of benzene rings is 1. The van der Waals surface area contributed by atoms with Crippen LogP contribution in [0.25, 0.3) is 0 Å². The van der Waals surface area contributed by atoms with Gasteiger partial charge in [0.15, 0.2) is 0 Å². The van der Waals surface area contributed by atoms with Crippen LogP contribution in [0.2, 0.25) is 5.02 Å². The van der Waals surface area contributed by atoms with Crippen molar-refractivity contribution in [1.82, 2.24) is 0 Å². The summed E-state index contributed by atoms with van der Waals surface area (Å²) in [6.07, 6.45) is 0.773. The summed E-state index contributed by atoms with van der Waals surface area (Å²) >= 11 is 5.80. The Hall–Kier alpha value is -1.79. The average molecular weight is 223 g/mol. The molecule has 0 bridgehead atoms. The van der Waals surface area contributed by atoms with Gasteiger partial charge in [-0.05, 0) is 18.2 Å². The van der Waals surface area contributed by atoms with Crippen molar-refractivity contribution in [2.45, 2.75) is 6.42 Å². The molecule has 3 nitrogen and oxygen atoms in total. The zero-order valence-corrected chi connectivity index (χ0v) is 8.41. The first kappa shape index (κ1) is 11.3. The molecule has 1 rings (SSSR count). The molecule has 0 aromatic heterocycles. The average Bonchev–Trinajstić information content (AvgIpc) is 2.20. The number of carbonyl (C=O) groups is 2. The van der Waals surface area contributed by atoms with Crippen LogP contribution in [-0.2, 0) is 4.79 Å². The predicted molar refractivity (Wildman–Crippen MR) is 56.0 cm³/mol. The molecule has 76 valence electrons. The van der Waals surface area contributed by atoms with Crippen molar-refractivity contribution in [2.75, 3.05) is 0 Å². The molecule has 0 fully saturated rings. The van der Waals surface area contributed by atoms with E-state index in [-0.39, 0.29) is 12.0 Å². The molecule has 0 aliphatic rings. The summed E-state index contributed by atoms with van der Waals surface area (Å²) in [6.45, 7) is 0. The number of halogens is 1. The number of hydrogen-bond donors (Lipinski definition) is 1. The highest BCUT2D eigenvalue weighted by molar-refractivity contribution is 6.31. The molecule has 0 saturated carbocycles. The lowest BCUT2D eigenvalue weighted by molar-refractivity contribution is -0.107. The molecule has 4 heteroatoms. The Morgan fingerprint density at radius 1 is 1.53 bits per heavy atom. The van der Waals surface area contributed by atoms with E-state index in [1.54, 1.807) is 0 Å². The van der Waals surface area contributed by atoms with E-state index in [9.17, 15) is 9.59 Å². The van der Waals surface area contributed by atoms with E-state index in [2.05, 4.69) is 11.8 Å². The summed E-state index contributed by atoms with van der Waals surface area (Å²) in [5.74, 6) is 4.16. The fraction of sp³-hybridized carbons (Fsp3) is 0.0909. The monoisotopic (exact) mass is 222 g/mol. The predicted octanol–water partition coefficient (Wildman–Crippen LogP) is 1.98. The fourth-order valence-electron chi connectivity index (χ4n) is 0.942. The van der Waals surface area contributed by atoms with Crippen molar-refractivity contribution >= 4 is 23.9 Å². The number of hydrogen-bond acceptors (Lipinski definition) is 2. The molecule has 15 heavy (non-hydrogen) atoms. The maximum Gasteiger partial charge on any atom is 0.335 e. The fourth-order valence-corrected chi connectivity index (χ4v) is 1.11. The Balaban J connectivity index is 3.07. The Morgan fingerprint density at radius 3 is 2.87 bits per heavy atom. The van der Waals surface area contributed by atoms with Crippen molar-refractivity contribution in [1.29, 1.82) is 0 Å². The molecule has 1 N–H and O–H groups in total. The van der Waals surface area contributed by atoms with Crippen LogP contribution in [0.5, 0.6) is 0 Å². The molecule has 0 saturated heterocycles. The lowest BCUT2D eigenvalue weighted by atomic mass is 10.1. The van der Waals surface area contributed by atoms with Crippen LogP contribution in [0, 0.1) is 11.8 Å². The van der Waals surface area contributed by atoms with Crippen LogP contribution < -0.4 is 0 Å². The van der Waals surface area contributed by atoms with E-state index in [0.29, 0.717) is 16.9 Å². The minimum atomic E-state index is -1.04. The van der Waals surface area contributed by atoms with Gasteiger partial charge >= 0.3 is 5.97 Å². The van der Waals surface area contributed by atoms with E-state index < -0.39 is 5.97 Å². The van der Waals surface area contributed by atoms with Crippen molar-refractivity contribution in [3.05, 3.63) is 34.3 Å². The SMILES string of the molecule is O=CCC#Cc1cc(C(=O)O)ccc1Cl. The Bertz CT molecular complexity index is 455. The van der Waals surface area contributed by atoms with Gasteiger partial charge in [-0.3, -0.25) is 0 Å². The van der Waals surface area contributed by atoms with Gasteiger partial charge in [0.25, 0.3) is 0 Å². The number of carboxylic acids is 1. The molecule has 1 aromatic carbocycles. The quantitative estimate of drug-likeness (QED) is 0.615. The third kappa shape index (κ3) is 3.12. The summed E-state index contributed by atoms with van der Waals surface area (Å²) in [4.78, 5) is 20.7. The first-order chi connectivity index (χ1) is 7.15. The van der Waals surface area contributed by atoms with Crippen LogP contribution >= 0.6 is 11.6 Å². The van der Waals surface area contributed by atoms with Crippen molar-refractivity contribution < 1.29 is 14.7 Å². The highest BCUT2D eigenvalue weighted by Crippen LogP contribution is 2.16. The summed E-state index contributed by atoms with van der Waals surface area (Å²) in [6, 6.07) is 4.24. The van der Waals surface area contributed by atoms with Gasteiger partial charge in [0.2, 0.25) is 0 Å². The molecule has 0 atom stereocenters. The van der Waals surface area contributed by atoms with E-state index in [1.165, 1.54) is 18.2 Å². The second kappa shape index (κ2) is 5.18. The smallest absolute Gasteiger partial charge is 0.335 e. The van der Waals surface area contributed by atoms with Crippen LogP contribution in [0.3, 0.4) is 0 Å². The zero-order valence-electron chi connectivity index (χ0n) is 7.66. The van der Waals surface area contributed by atoms with Gasteiger partial charge in [-0.2, -0.15) is 0 Å². The molecule has 0 heterocycles. The lowest BCUT2D eigenvalue weighted by Crippen LogP contribution is -1.96. The molecule has 0 spiro atoms. The minimum absolute atomic E-state index is 0.105. The van der Waals surface area contributed by atoms with E-state index in [1.807, 2.05) is 0 Å². The lowest BCUT2D eigenvalue weighted by Gasteiger charge is -1.97. The van der Waals surface area contributed by atoms with Crippen molar-refractivity contribution in [3.8, 4) is 11.8 Å². The van der Waals surface area contributed by atoms with Crippen LogP contribution in [-0.4, -0.2) is 17.4 Å². The van der Waals surface area contributed by atoms with E-state index in [4.69, 9.17) is 16.7 Å². The normalized spacial score (nSPS) is 8.87. The Labute approximate surface area is 91.7 Å². The van der Waals surface area contributed by atoms with Crippen LogP contribution in [0.1, 0.15) is 22.3 Å². The van der Waals surface area contributed by atoms with Gasteiger partial charge in [0, 0.05) is 5.56 Å². The molecule has 0 aliphatic heterocycles. The maximum atomic E-state index is 10.6. The first-order valence-corrected chi connectivity index (χ1v) is 4.48. The third-order valence-electron chi connectivity index (χ3n) is 1.62. The second-order valence-electron chi connectivity index (χ2n) is 2.67. The molecular weight excluding hydrogens is 216 g/mol. The van der Waals surface area contributed by atoms with Gasteiger partial charge in [0.1, 0.15) is 6.29 Å². The van der Waals surface area contributed by atoms with Gasteiger partial charge < -0.3 is 9.90 Å². The third-order valence-corrected chi connectivity index (χ3v) is 1.95. The van der Waals surface area contributed by atoms with E-state index >= 15 is 0 Å². The molecule has 0 radical (unpaired) electrons. The summed E-state index contributed by atoms with van der Waals surface area (Å²) in [5.41, 5.74) is 0.535. The summed E-state index contributed by atoms with van der Waals surface area (Å²) in [5, 5.41) is 9.10. The highest BCUT2D eigenvalue weighted by atomic mass is 35.5. The Kier molecular flexibility index (Phi) is 3.90. The van der Waals surface area contributed by atoms with Crippen LogP contribution in [0.4, 0.5) is 0 Å². The van der Waals surface area contributed by atoms with Crippen molar-refractivity contribution in [3.63, 3.8) is 0 Å². The standard InChI is InChI=1S/C11H7ClO3/c12-10-5-4-9(11(14)15)7-8(10)3-1-2-6-13/h4-7H,2H2,(H,14,15). The van der Waals surface area contributed by atoms with Crippen LogP contribution in [0.15, 0.2) is 18.2 Å². The number of carbonyl (C=O) groups excluding carboxylic acids is 1. The van der Waals surface area contributed by atoms with Gasteiger partial charge in [0.05, 0.1) is 17.0 Å². The molecule has 1 aromatic rings. The second-order valence-corrected chi connectivity index (χ2v) is 3.08. The summed E-state index contributed by atoms with van der Waals surface area (Å²) in [7, 11) is 0. The number of carboxylic acid groups (broad SMARTS) is 1. The number of aromatic carboxylic acids is 1. The molecule has 0 unspecified atom stereocenters. The summed E-state index contributed by atoms with van der Waals surface area (Å²) < 4.78 is 0. The molecule has 0 amide bonds. The zero-order chi connectivity index (χ0) is 11.3. The largest absolute Gasteiger partial charge is 0.478 e. The molecule has 0 aliphatic carbocycles. The van der Waals surface area contributed by atoms with Gasteiger partial charge in [-0.15, -0.1) is 0 Å². The van der Waals surface area contributed by atoms with Crippen molar-refractivity contribution in [2.24, 2.45) is 0 Å². The molecular formula is C11H7ClO3. The maximum absolute atomic E-state index is 10.6. The highest BCUT2D eigenvalue weighted by Gasteiger charge is 2.05.